The number of rotatable bonds is 4. The van der Waals surface area contributed by atoms with Crippen molar-refractivity contribution in [2.75, 3.05) is 6.61 Å². The average Bonchev–Trinajstić information content (AvgIpc) is 3.03. The van der Waals surface area contributed by atoms with Crippen molar-refractivity contribution < 1.29 is 4.74 Å². The van der Waals surface area contributed by atoms with Gasteiger partial charge in [0.2, 0.25) is 0 Å². The molecule has 1 saturated heterocycles. The van der Waals surface area contributed by atoms with Gasteiger partial charge in [0.1, 0.15) is 5.15 Å². The highest BCUT2D eigenvalue weighted by Crippen LogP contribution is 2.38. The van der Waals surface area contributed by atoms with E-state index in [-0.39, 0.29) is 0 Å². The Morgan fingerprint density at radius 1 is 1.44 bits per heavy atom. The van der Waals surface area contributed by atoms with Crippen LogP contribution in [0, 0.1) is 12.8 Å². The molecule has 0 spiro atoms. The fourth-order valence-electron chi connectivity index (χ4n) is 2.83. The van der Waals surface area contributed by atoms with Gasteiger partial charge in [-0.3, -0.25) is 4.68 Å². The standard InChI is InChI=1S/C13H20ClN3O/c1-8-10(13(14)17(2)16-8)7-15-11-5-6-18-12(11)9-3-4-9/h9,11-12,15H,3-7H2,1-2H3. The van der Waals surface area contributed by atoms with Crippen molar-refractivity contribution in [3.63, 3.8) is 0 Å². The summed E-state index contributed by atoms with van der Waals surface area (Å²) in [6.45, 7) is 3.68. The van der Waals surface area contributed by atoms with Crippen molar-refractivity contribution in [1.82, 2.24) is 15.1 Å². The normalized spacial score (nSPS) is 27.9. The molecule has 1 saturated carbocycles. The Morgan fingerprint density at radius 2 is 2.22 bits per heavy atom. The second-order valence-corrected chi connectivity index (χ2v) is 5.79. The molecule has 2 heterocycles. The van der Waals surface area contributed by atoms with Gasteiger partial charge in [0, 0.05) is 31.8 Å². The van der Waals surface area contributed by atoms with Gasteiger partial charge in [0.25, 0.3) is 0 Å². The first-order valence-corrected chi connectivity index (χ1v) is 7.07. The van der Waals surface area contributed by atoms with E-state index in [0.717, 1.165) is 41.9 Å². The molecule has 1 N–H and O–H groups in total. The number of nitrogens with one attached hydrogen (secondary N) is 1. The Kier molecular flexibility index (Phi) is 3.34. The third-order valence-electron chi connectivity index (χ3n) is 4.03. The van der Waals surface area contributed by atoms with Crippen LogP contribution in [0.3, 0.4) is 0 Å². The van der Waals surface area contributed by atoms with E-state index in [4.69, 9.17) is 16.3 Å². The maximum atomic E-state index is 6.24. The summed E-state index contributed by atoms with van der Waals surface area (Å²) in [6, 6.07) is 0.480. The summed E-state index contributed by atoms with van der Waals surface area (Å²) >= 11 is 6.24. The van der Waals surface area contributed by atoms with Crippen LogP contribution >= 0.6 is 11.6 Å². The molecule has 100 valence electrons. The molecule has 1 aliphatic heterocycles. The van der Waals surface area contributed by atoms with Crippen molar-refractivity contribution in [3.05, 3.63) is 16.4 Å². The van der Waals surface area contributed by atoms with E-state index in [1.54, 1.807) is 4.68 Å². The molecule has 5 heteroatoms. The molecule has 3 rings (SSSR count). The van der Waals surface area contributed by atoms with Crippen molar-refractivity contribution in [1.29, 1.82) is 0 Å². The Balaban J connectivity index is 1.63. The predicted molar refractivity (Wildman–Crippen MR) is 70.7 cm³/mol. The first-order valence-electron chi connectivity index (χ1n) is 6.69. The van der Waals surface area contributed by atoms with Crippen LogP contribution < -0.4 is 5.32 Å². The minimum atomic E-state index is 0.417. The van der Waals surface area contributed by atoms with Crippen LogP contribution in [0.25, 0.3) is 0 Å². The summed E-state index contributed by atoms with van der Waals surface area (Å²) in [5, 5.41) is 8.68. The van der Waals surface area contributed by atoms with E-state index >= 15 is 0 Å². The Labute approximate surface area is 113 Å². The largest absolute Gasteiger partial charge is 0.376 e. The van der Waals surface area contributed by atoms with Crippen LogP contribution in [0.15, 0.2) is 0 Å². The van der Waals surface area contributed by atoms with Crippen molar-refractivity contribution >= 4 is 11.6 Å². The fraction of sp³-hybridized carbons (Fsp3) is 0.769. The van der Waals surface area contributed by atoms with Crippen LogP contribution in [0.4, 0.5) is 0 Å². The lowest BCUT2D eigenvalue weighted by Gasteiger charge is -2.19. The van der Waals surface area contributed by atoms with Gasteiger partial charge < -0.3 is 10.1 Å². The topological polar surface area (TPSA) is 39.1 Å². The van der Waals surface area contributed by atoms with Crippen LogP contribution in [0.2, 0.25) is 5.15 Å². The van der Waals surface area contributed by atoms with Crippen molar-refractivity contribution in [2.24, 2.45) is 13.0 Å². The number of aromatic nitrogens is 2. The maximum absolute atomic E-state index is 6.24. The third kappa shape index (κ3) is 2.29. The number of nitrogens with zero attached hydrogens (tertiary/aromatic N) is 2. The Morgan fingerprint density at radius 3 is 2.83 bits per heavy atom. The maximum Gasteiger partial charge on any atom is 0.131 e. The summed E-state index contributed by atoms with van der Waals surface area (Å²) in [6.07, 6.45) is 4.18. The monoisotopic (exact) mass is 269 g/mol. The number of ether oxygens (including phenoxy) is 1. The van der Waals surface area contributed by atoms with E-state index in [2.05, 4.69) is 10.4 Å². The van der Waals surface area contributed by atoms with Crippen LogP contribution in [-0.2, 0) is 18.3 Å². The lowest BCUT2D eigenvalue weighted by molar-refractivity contribution is 0.0809. The minimum absolute atomic E-state index is 0.417. The Hall–Kier alpha value is -0.580. The molecular formula is C13H20ClN3O. The van der Waals surface area contributed by atoms with Gasteiger partial charge in [-0.25, -0.2) is 0 Å². The second-order valence-electron chi connectivity index (χ2n) is 5.43. The number of hydrogen-bond donors (Lipinski definition) is 1. The van der Waals surface area contributed by atoms with Gasteiger partial charge in [-0.05, 0) is 32.1 Å². The lowest BCUT2D eigenvalue weighted by Crippen LogP contribution is -2.37. The molecule has 18 heavy (non-hydrogen) atoms. The van der Waals surface area contributed by atoms with Gasteiger partial charge in [-0.15, -0.1) is 0 Å². The Bertz CT molecular complexity index is 442. The molecule has 0 radical (unpaired) electrons. The summed E-state index contributed by atoms with van der Waals surface area (Å²) in [5.41, 5.74) is 2.12. The van der Waals surface area contributed by atoms with Crippen LogP contribution in [-0.4, -0.2) is 28.5 Å². The molecule has 4 nitrogen and oxygen atoms in total. The molecule has 1 aliphatic carbocycles. The third-order valence-corrected chi connectivity index (χ3v) is 4.51. The van der Waals surface area contributed by atoms with Crippen molar-refractivity contribution in [3.8, 4) is 0 Å². The lowest BCUT2D eigenvalue weighted by atomic mass is 10.1. The molecule has 2 aliphatic rings. The molecule has 0 bridgehead atoms. The summed E-state index contributed by atoms with van der Waals surface area (Å²) in [4.78, 5) is 0. The molecule has 2 fully saturated rings. The zero-order valence-corrected chi connectivity index (χ0v) is 11.7. The number of aryl methyl sites for hydroxylation is 2. The van der Waals surface area contributed by atoms with E-state index in [1.807, 2.05) is 14.0 Å². The van der Waals surface area contributed by atoms with Crippen LogP contribution in [0.5, 0.6) is 0 Å². The highest BCUT2D eigenvalue weighted by atomic mass is 35.5. The van der Waals surface area contributed by atoms with Crippen LogP contribution in [0.1, 0.15) is 30.5 Å². The van der Waals surface area contributed by atoms with E-state index in [1.165, 1.54) is 12.8 Å². The van der Waals surface area contributed by atoms with Gasteiger partial charge in [-0.2, -0.15) is 5.10 Å². The fourth-order valence-corrected chi connectivity index (χ4v) is 3.07. The van der Waals surface area contributed by atoms with E-state index in [0.29, 0.717) is 12.1 Å². The van der Waals surface area contributed by atoms with E-state index in [9.17, 15) is 0 Å². The minimum Gasteiger partial charge on any atom is -0.376 e. The summed E-state index contributed by atoms with van der Waals surface area (Å²) in [5.74, 6) is 0.787. The smallest absolute Gasteiger partial charge is 0.131 e. The first kappa shape index (κ1) is 12.5. The van der Waals surface area contributed by atoms with Gasteiger partial charge in [0.15, 0.2) is 0 Å². The first-order chi connectivity index (χ1) is 8.66. The zero-order chi connectivity index (χ0) is 12.7. The quantitative estimate of drug-likeness (QED) is 0.909. The molecule has 2 unspecified atom stereocenters. The predicted octanol–water partition coefficient (Wildman–Crippen LogP) is 2.04. The van der Waals surface area contributed by atoms with Crippen molar-refractivity contribution in [2.45, 2.75) is 44.9 Å². The van der Waals surface area contributed by atoms with E-state index < -0.39 is 0 Å². The second kappa shape index (κ2) is 4.83. The van der Waals surface area contributed by atoms with Gasteiger partial charge >= 0.3 is 0 Å². The highest BCUT2D eigenvalue weighted by molar-refractivity contribution is 6.30. The molecular weight excluding hydrogens is 250 g/mol. The van der Waals surface area contributed by atoms with Gasteiger partial charge in [0.05, 0.1) is 11.8 Å². The van der Waals surface area contributed by atoms with Gasteiger partial charge in [-0.1, -0.05) is 11.6 Å². The molecule has 1 aromatic rings. The number of hydrogen-bond acceptors (Lipinski definition) is 3. The molecule has 2 atom stereocenters. The SMILES string of the molecule is Cc1nn(C)c(Cl)c1CNC1CCOC1C1CC1. The number of halogens is 1. The molecule has 1 aromatic heterocycles. The molecule has 0 aromatic carbocycles. The summed E-state index contributed by atoms with van der Waals surface area (Å²) in [7, 11) is 1.88. The zero-order valence-electron chi connectivity index (χ0n) is 10.9. The summed E-state index contributed by atoms with van der Waals surface area (Å²) < 4.78 is 7.56. The highest BCUT2D eigenvalue weighted by Gasteiger charge is 2.40. The average molecular weight is 270 g/mol. The molecule has 0 amide bonds.